The highest BCUT2D eigenvalue weighted by Gasteiger charge is 2.04. The Morgan fingerprint density at radius 1 is 1.11 bits per heavy atom. The summed E-state index contributed by atoms with van der Waals surface area (Å²) in [4.78, 5) is 2.05. The number of anilines is 1. The molecule has 0 amide bonds. The summed E-state index contributed by atoms with van der Waals surface area (Å²) >= 11 is 5.86. The second-order valence-electron chi connectivity index (χ2n) is 4.73. The van der Waals surface area contributed by atoms with E-state index in [1.165, 1.54) is 0 Å². The van der Waals surface area contributed by atoms with Gasteiger partial charge >= 0.3 is 0 Å². The molecule has 100 valence electrons. The Balaban J connectivity index is 2.28. The van der Waals surface area contributed by atoms with Crippen molar-refractivity contribution in [2.24, 2.45) is 0 Å². The number of hydrogen-bond donors (Lipinski definition) is 0. The van der Waals surface area contributed by atoms with Crippen LogP contribution >= 0.6 is 11.6 Å². The summed E-state index contributed by atoms with van der Waals surface area (Å²) in [5, 5.41) is 0. The summed E-state index contributed by atoms with van der Waals surface area (Å²) in [6, 6.07) is 14.1. The molecule has 2 nitrogen and oxygen atoms in total. The van der Waals surface area contributed by atoms with Crippen LogP contribution in [0, 0.1) is 6.92 Å². The minimum Gasteiger partial charge on any atom is -0.457 e. The number of hydrogen-bond acceptors (Lipinski definition) is 2. The van der Waals surface area contributed by atoms with E-state index in [1.54, 1.807) is 0 Å². The molecule has 0 heterocycles. The van der Waals surface area contributed by atoms with Crippen molar-refractivity contribution >= 4 is 17.3 Å². The maximum atomic E-state index is 5.96. The summed E-state index contributed by atoms with van der Waals surface area (Å²) in [5.41, 5.74) is 3.28. The molecular weight excluding hydrogens is 258 g/mol. The Morgan fingerprint density at radius 3 is 2.58 bits per heavy atom. The third-order valence-electron chi connectivity index (χ3n) is 2.97. The first-order valence-corrected chi connectivity index (χ1v) is 6.74. The maximum absolute atomic E-state index is 5.96. The number of nitrogens with zero attached hydrogens (tertiary/aromatic N) is 1. The number of halogens is 1. The first-order valence-electron chi connectivity index (χ1n) is 6.21. The lowest BCUT2D eigenvalue weighted by Gasteiger charge is -2.15. The predicted octanol–water partition coefficient (Wildman–Crippen LogP) is 4.59. The second-order valence-corrected chi connectivity index (χ2v) is 4.99. The zero-order valence-electron chi connectivity index (χ0n) is 11.5. The molecule has 0 atom stereocenters. The van der Waals surface area contributed by atoms with E-state index < -0.39 is 0 Å². The van der Waals surface area contributed by atoms with Gasteiger partial charge in [0.1, 0.15) is 11.5 Å². The zero-order valence-corrected chi connectivity index (χ0v) is 12.2. The Labute approximate surface area is 119 Å². The lowest BCUT2D eigenvalue weighted by Crippen LogP contribution is -2.08. The van der Waals surface area contributed by atoms with Crippen molar-refractivity contribution in [3.05, 3.63) is 53.6 Å². The van der Waals surface area contributed by atoms with Crippen LogP contribution in [0.15, 0.2) is 42.5 Å². The van der Waals surface area contributed by atoms with Crippen LogP contribution in [0.1, 0.15) is 11.1 Å². The van der Waals surface area contributed by atoms with Crippen LogP contribution in [-0.4, -0.2) is 14.1 Å². The van der Waals surface area contributed by atoms with Gasteiger partial charge in [0.05, 0.1) is 0 Å². The molecule has 0 unspecified atom stereocenters. The molecule has 2 rings (SSSR count). The van der Waals surface area contributed by atoms with Gasteiger partial charge in [0.15, 0.2) is 0 Å². The Bertz CT molecular complexity index is 566. The van der Waals surface area contributed by atoms with Crippen molar-refractivity contribution < 1.29 is 4.74 Å². The monoisotopic (exact) mass is 275 g/mol. The van der Waals surface area contributed by atoms with E-state index in [0.717, 1.165) is 28.3 Å². The topological polar surface area (TPSA) is 12.5 Å². The lowest BCUT2D eigenvalue weighted by molar-refractivity contribution is 0.478. The quantitative estimate of drug-likeness (QED) is 0.757. The van der Waals surface area contributed by atoms with Crippen LogP contribution in [0.25, 0.3) is 0 Å². The van der Waals surface area contributed by atoms with E-state index in [2.05, 4.69) is 11.0 Å². The lowest BCUT2D eigenvalue weighted by atomic mass is 10.1. The highest BCUT2D eigenvalue weighted by molar-refractivity contribution is 6.17. The van der Waals surface area contributed by atoms with Crippen molar-refractivity contribution in [1.82, 2.24) is 0 Å². The van der Waals surface area contributed by atoms with Crippen molar-refractivity contribution in [3.63, 3.8) is 0 Å². The molecular formula is C16H18ClNO. The van der Waals surface area contributed by atoms with Crippen molar-refractivity contribution in [2.75, 3.05) is 19.0 Å². The van der Waals surface area contributed by atoms with Gasteiger partial charge in [-0.25, -0.2) is 0 Å². The van der Waals surface area contributed by atoms with Gasteiger partial charge in [0, 0.05) is 31.7 Å². The highest BCUT2D eigenvalue weighted by Crippen LogP contribution is 2.28. The largest absolute Gasteiger partial charge is 0.457 e. The maximum Gasteiger partial charge on any atom is 0.130 e. The van der Waals surface area contributed by atoms with Crippen LogP contribution in [-0.2, 0) is 5.88 Å². The van der Waals surface area contributed by atoms with Gasteiger partial charge in [-0.1, -0.05) is 18.2 Å². The molecule has 0 aromatic heterocycles. The van der Waals surface area contributed by atoms with E-state index in [4.69, 9.17) is 16.3 Å². The van der Waals surface area contributed by atoms with Gasteiger partial charge in [-0.15, -0.1) is 11.6 Å². The van der Waals surface area contributed by atoms with E-state index in [1.807, 2.05) is 57.4 Å². The normalized spacial score (nSPS) is 10.3. The minimum atomic E-state index is 0.494. The van der Waals surface area contributed by atoms with Gasteiger partial charge in [-0.05, 0) is 36.2 Å². The average molecular weight is 276 g/mol. The number of alkyl halides is 1. The third-order valence-corrected chi connectivity index (χ3v) is 3.28. The Kier molecular flexibility index (Phi) is 4.33. The van der Waals surface area contributed by atoms with Crippen LogP contribution in [0.2, 0.25) is 0 Å². The second kappa shape index (κ2) is 5.98. The van der Waals surface area contributed by atoms with E-state index in [9.17, 15) is 0 Å². The number of aryl methyl sites for hydroxylation is 1. The molecule has 0 saturated heterocycles. The Hall–Kier alpha value is -1.67. The molecule has 3 heteroatoms. The van der Waals surface area contributed by atoms with Crippen LogP contribution in [0.4, 0.5) is 5.69 Å². The fourth-order valence-corrected chi connectivity index (χ4v) is 1.96. The molecule has 0 N–H and O–H groups in total. The van der Waals surface area contributed by atoms with Gasteiger partial charge in [0.25, 0.3) is 0 Å². The van der Waals surface area contributed by atoms with Crippen LogP contribution in [0.3, 0.4) is 0 Å². The van der Waals surface area contributed by atoms with Crippen molar-refractivity contribution in [3.8, 4) is 11.5 Å². The number of ether oxygens (including phenoxy) is 1. The fourth-order valence-electron chi connectivity index (χ4n) is 1.79. The summed E-state index contributed by atoms with van der Waals surface area (Å²) in [6.45, 7) is 2.03. The molecule has 0 aliphatic carbocycles. The van der Waals surface area contributed by atoms with Crippen LogP contribution in [0.5, 0.6) is 11.5 Å². The van der Waals surface area contributed by atoms with Gasteiger partial charge in [-0.3, -0.25) is 0 Å². The number of benzene rings is 2. The predicted molar refractivity (Wildman–Crippen MR) is 81.6 cm³/mol. The molecule has 2 aromatic carbocycles. The zero-order chi connectivity index (χ0) is 13.8. The molecule has 0 spiro atoms. The van der Waals surface area contributed by atoms with Crippen LogP contribution < -0.4 is 9.64 Å². The van der Waals surface area contributed by atoms with Gasteiger partial charge in [0.2, 0.25) is 0 Å². The summed E-state index contributed by atoms with van der Waals surface area (Å²) in [6.07, 6.45) is 0. The smallest absolute Gasteiger partial charge is 0.130 e. The standard InChI is InChI=1S/C16H18ClNO/c1-12-7-8-13(11-17)9-16(12)19-15-6-4-5-14(10-15)18(2)3/h4-10H,11H2,1-3H3. The van der Waals surface area contributed by atoms with Crippen molar-refractivity contribution in [1.29, 1.82) is 0 Å². The Morgan fingerprint density at radius 2 is 1.89 bits per heavy atom. The molecule has 19 heavy (non-hydrogen) atoms. The molecule has 0 radical (unpaired) electrons. The average Bonchev–Trinajstić information content (AvgIpc) is 2.41. The number of rotatable bonds is 4. The summed E-state index contributed by atoms with van der Waals surface area (Å²) in [7, 11) is 4.02. The third kappa shape index (κ3) is 3.42. The van der Waals surface area contributed by atoms with Crippen molar-refractivity contribution in [2.45, 2.75) is 12.8 Å². The molecule has 0 saturated carbocycles. The van der Waals surface area contributed by atoms with E-state index in [0.29, 0.717) is 5.88 Å². The molecule has 0 fully saturated rings. The summed E-state index contributed by atoms with van der Waals surface area (Å²) < 4.78 is 5.96. The molecule has 2 aromatic rings. The first-order chi connectivity index (χ1) is 9.10. The van der Waals surface area contributed by atoms with Gasteiger partial charge in [-0.2, -0.15) is 0 Å². The fraction of sp³-hybridized carbons (Fsp3) is 0.250. The molecule has 0 aliphatic rings. The SMILES string of the molecule is Cc1ccc(CCl)cc1Oc1cccc(N(C)C)c1. The first kappa shape index (κ1) is 13.8. The molecule has 0 bridgehead atoms. The highest BCUT2D eigenvalue weighted by atomic mass is 35.5. The minimum absolute atomic E-state index is 0.494. The molecule has 0 aliphatic heterocycles. The van der Waals surface area contributed by atoms with Gasteiger partial charge < -0.3 is 9.64 Å². The van der Waals surface area contributed by atoms with E-state index in [-0.39, 0.29) is 0 Å². The van der Waals surface area contributed by atoms with E-state index >= 15 is 0 Å². The summed E-state index contributed by atoms with van der Waals surface area (Å²) in [5.74, 6) is 2.18.